The standard InChI is InChI=1S/C13H14ClN3O4/c1-7-4-8(5-10(14)16-7)13(21)17-3-2-15-12(20)9(17)6-11(18)19/h4-5,9H,2-3,6H2,1H3,(H,15,20)(H,18,19). The number of nitrogens with zero attached hydrogens (tertiary/aromatic N) is 2. The summed E-state index contributed by atoms with van der Waals surface area (Å²) in [6.45, 7) is 2.24. The van der Waals surface area contributed by atoms with E-state index in [4.69, 9.17) is 16.7 Å². The zero-order valence-corrected chi connectivity index (χ0v) is 12.1. The fraction of sp³-hybridized carbons (Fsp3) is 0.385. The van der Waals surface area contributed by atoms with Crippen LogP contribution in [-0.2, 0) is 9.59 Å². The number of amides is 2. The highest BCUT2D eigenvalue weighted by Crippen LogP contribution is 2.17. The number of aromatic nitrogens is 1. The zero-order valence-electron chi connectivity index (χ0n) is 11.3. The number of hydrogen-bond acceptors (Lipinski definition) is 4. The normalized spacial score (nSPS) is 18.3. The summed E-state index contributed by atoms with van der Waals surface area (Å²) in [7, 11) is 0. The van der Waals surface area contributed by atoms with E-state index in [1.165, 1.54) is 11.0 Å². The summed E-state index contributed by atoms with van der Waals surface area (Å²) in [6, 6.07) is 1.94. The topological polar surface area (TPSA) is 99.6 Å². The Morgan fingerprint density at radius 2 is 2.24 bits per heavy atom. The molecule has 1 atom stereocenters. The molecule has 1 aromatic rings. The number of nitrogens with one attached hydrogen (secondary N) is 1. The van der Waals surface area contributed by atoms with Crippen molar-refractivity contribution < 1.29 is 19.5 Å². The van der Waals surface area contributed by atoms with Crippen LogP contribution in [-0.4, -0.2) is 51.9 Å². The van der Waals surface area contributed by atoms with Gasteiger partial charge in [0.05, 0.1) is 6.42 Å². The van der Waals surface area contributed by atoms with E-state index in [0.29, 0.717) is 12.2 Å². The Morgan fingerprint density at radius 1 is 1.52 bits per heavy atom. The minimum atomic E-state index is -1.14. The molecule has 2 N–H and O–H groups in total. The van der Waals surface area contributed by atoms with Crippen LogP contribution in [0.2, 0.25) is 5.15 Å². The third-order valence-electron chi connectivity index (χ3n) is 3.13. The Bertz CT molecular complexity index is 585. The van der Waals surface area contributed by atoms with Crippen molar-refractivity contribution in [3.05, 3.63) is 28.5 Å². The van der Waals surface area contributed by atoms with Crippen LogP contribution in [0.1, 0.15) is 22.5 Å². The Morgan fingerprint density at radius 3 is 2.86 bits per heavy atom. The lowest BCUT2D eigenvalue weighted by Crippen LogP contribution is -2.57. The molecule has 1 aliphatic heterocycles. The fourth-order valence-corrected chi connectivity index (χ4v) is 2.49. The third-order valence-corrected chi connectivity index (χ3v) is 3.32. The van der Waals surface area contributed by atoms with Gasteiger partial charge in [0.15, 0.2) is 0 Å². The number of rotatable bonds is 3. The smallest absolute Gasteiger partial charge is 0.305 e. The Hall–Kier alpha value is -2.15. The van der Waals surface area contributed by atoms with Crippen LogP contribution >= 0.6 is 11.6 Å². The molecule has 112 valence electrons. The lowest BCUT2D eigenvalue weighted by Gasteiger charge is -2.34. The van der Waals surface area contributed by atoms with Crippen molar-refractivity contribution in [1.82, 2.24) is 15.2 Å². The van der Waals surface area contributed by atoms with Gasteiger partial charge in [-0.3, -0.25) is 14.4 Å². The molecule has 8 heteroatoms. The highest BCUT2D eigenvalue weighted by atomic mass is 35.5. The molecule has 1 fully saturated rings. The summed E-state index contributed by atoms with van der Waals surface area (Å²) in [6.07, 6.45) is -0.435. The lowest BCUT2D eigenvalue weighted by atomic mass is 10.1. The molecule has 0 radical (unpaired) electrons. The summed E-state index contributed by atoms with van der Waals surface area (Å²) < 4.78 is 0. The molecule has 0 saturated carbocycles. The second-order valence-electron chi connectivity index (χ2n) is 4.72. The molecule has 7 nitrogen and oxygen atoms in total. The number of halogens is 1. The number of carbonyl (C=O) groups excluding carboxylic acids is 2. The maximum atomic E-state index is 12.5. The zero-order chi connectivity index (χ0) is 15.6. The van der Waals surface area contributed by atoms with Gasteiger partial charge in [0.2, 0.25) is 5.91 Å². The maximum absolute atomic E-state index is 12.5. The van der Waals surface area contributed by atoms with Gasteiger partial charge >= 0.3 is 5.97 Å². The van der Waals surface area contributed by atoms with Crippen LogP contribution in [0.4, 0.5) is 0 Å². The van der Waals surface area contributed by atoms with Crippen molar-refractivity contribution in [1.29, 1.82) is 0 Å². The third kappa shape index (κ3) is 3.49. The van der Waals surface area contributed by atoms with E-state index in [2.05, 4.69) is 10.3 Å². The quantitative estimate of drug-likeness (QED) is 0.790. The predicted octanol–water partition coefficient (Wildman–Crippen LogP) is 0.459. The van der Waals surface area contributed by atoms with Crippen LogP contribution in [0.15, 0.2) is 12.1 Å². The molecule has 0 spiro atoms. The number of piperazine rings is 1. The van der Waals surface area contributed by atoms with E-state index in [9.17, 15) is 14.4 Å². The number of hydrogen-bond donors (Lipinski definition) is 2. The summed E-state index contributed by atoms with van der Waals surface area (Å²) in [5.41, 5.74) is 0.861. The van der Waals surface area contributed by atoms with Crippen molar-refractivity contribution in [3.63, 3.8) is 0 Å². The first kappa shape index (κ1) is 15.2. The first-order valence-corrected chi connectivity index (χ1v) is 6.71. The second kappa shape index (κ2) is 6.09. The molecule has 0 bridgehead atoms. The monoisotopic (exact) mass is 311 g/mol. The number of carboxylic acids is 1. The summed E-state index contributed by atoms with van der Waals surface area (Å²) in [5.74, 6) is -2.03. The molecule has 1 aromatic heterocycles. The van der Waals surface area contributed by atoms with Crippen molar-refractivity contribution in [2.45, 2.75) is 19.4 Å². The summed E-state index contributed by atoms with van der Waals surface area (Å²) >= 11 is 5.83. The van der Waals surface area contributed by atoms with Gasteiger partial charge in [-0.1, -0.05) is 11.6 Å². The molecule has 2 rings (SSSR count). The fourth-order valence-electron chi connectivity index (χ4n) is 2.24. The highest BCUT2D eigenvalue weighted by Gasteiger charge is 2.35. The van der Waals surface area contributed by atoms with Crippen molar-refractivity contribution in [2.24, 2.45) is 0 Å². The van der Waals surface area contributed by atoms with E-state index < -0.39 is 30.2 Å². The van der Waals surface area contributed by atoms with Gasteiger partial charge in [-0.2, -0.15) is 0 Å². The Kier molecular flexibility index (Phi) is 4.42. The molecule has 1 aliphatic rings. The van der Waals surface area contributed by atoms with E-state index in [1.54, 1.807) is 13.0 Å². The Labute approximate surface area is 125 Å². The molecular formula is C13H14ClN3O4. The largest absolute Gasteiger partial charge is 0.481 e. The van der Waals surface area contributed by atoms with Gasteiger partial charge in [-0.25, -0.2) is 4.98 Å². The van der Waals surface area contributed by atoms with Crippen LogP contribution < -0.4 is 5.32 Å². The SMILES string of the molecule is Cc1cc(C(=O)N2CCNC(=O)C2CC(=O)O)cc(Cl)n1. The van der Waals surface area contributed by atoms with E-state index in [0.717, 1.165) is 0 Å². The van der Waals surface area contributed by atoms with Gasteiger partial charge in [-0.05, 0) is 19.1 Å². The first-order chi connectivity index (χ1) is 9.88. The number of carboxylic acid groups (broad SMARTS) is 1. The van der Waals surface area contributed by atoms with Crippen LogP contribution in [0.5, 0.6) is 0 Å². The average Bonchev–Trinajstić information content (AvgIpc) is 2.38. The number of carbonyl (C=O) groups is 3. The highest BCUT2D eigenvalue weighted by molar-refractivity contribution is 6.29. The van der Waals surface area contributed by atoms with Crippen LogP contribution in [0, 0.1) is 6.92 Å². The van der Waals surface area contributed by atoms with Crippen molar-refractivity contribution >= 4 is 29.4 Å². The van der Waals surface area contributed by atoms with Crippen molar-refractivity contribution in [3.8, 4) is 0 Å². The second-order valence-corrected chi connectivity index (χ2v) is 5.11. The van der Waals surface area contributed by atoms with Gasteiger partial charge < -0.3 is 15.3 Å². The molecule has 2 amide bonds. The van der Waals surface area contributed by atoms with Crippen LogP contribution in [0.3, 0.4) is 0 Å². The molecule has 1 saturated heterocycles. The summed E-state index contributed by atoms with van der Waals surface area (Å²) in [4.78, 5) is 40.4. The van der Waals surface area contributed by atoms with Gasteiger partial charge in [0, 0.05) is 24.3 Å². The minimum Gasteiger partial charge on any atom is -0.481 e. The predicted molar refractivity (Wildman–Crippen MR) is 74.1 cm³/mol. The average molecular weight is 312 g/mol. The van der Waals surface area contributed by atoms with Gasteiger partial charge in [0.1, 0.15) is 11.2 Å². The molecule has 2 heterocycles. The van der Waals surface area contributed by atoms with E-state index in [1.807, 2.05) is 0 Å². The number of aryl methyl sites for hydroxylation is 1. The van der Waals surface area contributed by atoms with Crippen molar-refractivity contribution in [2.75, 3.05) is 13.1 Å². The number of aliphatic carboxylic acids is 1. The van der Waals surface area contributed by atoms with Gasteiger partial charge in [0.25, 0.3) is 5.91 Å². The molecule has 21 heavy (non-hydrogen) atoms. The molecule has 1 unspecified atom stereocenters. The van der Waals surface area contributed by atoms with Gasteiger partial charge in [-0.15, -0.1) is 0 Å². The maximum Gasteiger partial charge on any atom is 0.305 e. The number of pyridine rings is 1. The first-order valence-electron chi connectivity index (χ1n) is 6.33. The summed E-state index contributed by atoms with van der Waals surface area (Å²) in [5, 5.41) is 11.6. The minimum absolute atomic E-state index is 0.176. The lowest BCUT2D eigenvalue weighted by molar-refractivity contribution is -0.142. The van der Waals surface area contributed by atoms with E-state index >= 15 is 0 Å². The van der Waals surface area contributed by atoms with Crippen LogP contribution in [0.25, 0.3) is 0 Å². The molecule has 0 aromatic carbocycles. The molecular weight excluding hydrogens is 298 g/mol. The Balaban J connectivity index is 2.30. The molecule has 0 aliphatic carbocycles. The van der Waals surface area contributed by atoms with E-state index in [-0.39, 0.29) is 17.3 Å².